The van der Waals surface area contributed by atoms with Gasteiger partial charge in [0.05, 0.1) is 17.6 Å². The Labute approximate surface area is 99.2 Å². The molecule has 2 N–H and O–H groups in total. The Bertz CT molecular complexity index is 474. The number of hydrogen-bond acceptors (Lipinski definition) is 3. The van der Waals surface area contributed by atoms with Crippen molar-refractivity contribution in [2.45, 2.75) is 19.8 Å². The van der Waals surface area contributed by atoms with Crippen molar-refractivity contribution in [3.05, 3.63) is 24.3 Å². The van der Waals surface area contributed by atoms with Crippen molar-refractivity contribution in [2.75, 3.05) is 11.9 Å². The molecule has 0 spiro atoms. The van der Waals surface area contributed by atoms with Crippen molar-refractivity contribution in [3.63, 3.8) is 0 Å². The van der Waals surface area contributed by atoms with Gasteiger partial charge in [0.15, 0.2) is 0 Å². The first-order valence-electron chi connectivity index (χ1n) is 5.68. The molecule has 5 nitrogen and oxygen atoms in total. The van der Waals surface area contributed by atoms with Gasteiger partial charge < -0.3 is 9.72 Å². The third-order valence-corrected chi connectivity index (χ3v) is 2.34. The third-order valence-electron chi connectivity index (χ3n) is 2.34. The highest BCUT2D eigenvalue weighted by molar-refractivity contribution is 5.86. The zero-order chi connectivity index (χ0) is 12.1. The normalized spacial score (nSPS) is 10.4. The fraction of sp³-hybridized carbons (Fsp3) is 0.333. The van der Waals surface area contributed by atoms with Gasteiger partial charge in [-0.2, -0.15) is 0 Å². The van der Waals surface area contributed by atoms with Gasteiger partial charge in [0.25, 0.3) is 0 Å². The smallest absolute Gasteiger partial charge is 0.413 e. The number of aromatic nitrogens is 2. The highest BCUT2D eigenvalue weighted by atomic mass is 16.5. The van der Waals surface area contributed by atoms with E-state index in [1.54, 1.807) is 0 Å². The Morgan fingerprint density at radius 2 is 2.29 bits per heavy atom. The van der Waals surface area contributed by atoms with Gasteiger partial charge in [0, 0.05) is 0 Å². The number of para-hydroxylation sites is 2. The average Bonchev–Trinajstić information content (AvgIpc) is 2.71. The van der Waals surface area contributed by atoms with Gasteiger partial charge in [-0.3, -0.25) is 5.32 Å². The maximum atomic E-state index is 11.4. The summed E-state index contributed by atoms with van der Waals surface area (Å²) in [7, 11) is 0. The monoisotopic (exact) mass is 233 g/mol. The second kappa shape index (κ2) is 5.34. The minimum absolute atomic E-state index is 0.410. The van der Waals surface area contributed by atoms with E-state index in [1.165, 1.54) is 0 Å². The van der Waals surface area contributed by atoms with Gasteiger partial charge in [-0.25, -0.2) is 9.78 Å². The van der Waals surface area contributed by atoms with Gasteiger partial charge >= 0.3 is 6.09 Å². The van der Waals surface area contributed by atoms with E-state index in [2.05, 4.69) is 15.3 Å². The lowest BCUT2D eigenvalue weighted by molar-refractivity contribution is 0.159. The number of benzene rings is 1. The number of carbonyl (C=O) groups is 1. The summed E-state index contributed by atoms with van der Waals surface area (Å²) in [5, 5.41) is 2.56. The van der Waals surface area contributed by atoms with Crippen LogP contribution in [0.2, 0.25) is 0 Å². The van der Waals surface area contributed by atoms with Crippen LogP contribution < -0.4 is 5.32 Å². The number of ether oxygens (including phenoxy) is 1. The number of hydrogen-bond donors (Lipinski definition) is 2. The van der Waals surface area contributed by atoms with Crippen LogP contribution in [0.25, 0.3) is 11.0 Å². The second-order valence-corrected chi connectivity index (χ2v) is 3.72. The molecule has 90 valence electrons. The van der Waals surface area contributed by atoms with Crippen molar-refractivity contribution in [1.29, 1.82) is 0 Å². The SMILES string of the molecule is CCCCOC(=O)Nc1nc2ccccc2[nH]1. The van der Waals surface area contributed by atoms with Crippen molar-refractivity contribution in [3.8, 4) is 0 Å². The van der Waals surface area contributed by atoms with Crippen molar-refractivity contribution in [1.82, 2.24) is 9.97 Å². The molecule has 1 aromatic heterocycles. The molecule has 0 radical (unpaired) electrons. The number of amides is 1. The van der Waals surface area contributed by atoms with Crippen molar-refractivity contribution < 1.29 is 9.53 Å². The predicted octanol–water partition coefficient (Wildman–Crippen LogP) is 2.91. The van der Waals surface area contributed by atoms with Crippen LogP contribution in [0.4, 0.5) is 10.7 Å². The highest BCUT2D eigenvalue weighted by Crippen LogP contribution is 2.13. The van der Waals surface area contributed by atoms with Crippen LogP contribution in [0.3, 0.4) is 0 Å². The minimum Gasteiger partial charge on any atom is -0.449 e. The first kappa shape index (κ1) is 11.4. The molecule has 0 atom stereocenters. The summed E-state index contributed by atoms with van der Waals surface area (Å²) in [6.45, 7) is 2.48. The topological polar surface area (TPSA) is 67.0 Å². The number of imidazole rings is 1. The Kier molecular flexibility index (Phi) is 3.59. The van der Waals surface area contributed by atoms with Gasteiger partial charge in [0.2, 0.25) is 5.95 Å². The molecule has 0 aliphatic carbocycles. The summed E-state index contributed by atoms with van der Waals surface area (Å²) in [6, 6.07) is 7.58. The summed E-state index contributed by atoms with van der Waals surface area (Å²) >= 11 is 0. The fourth-order valence-electron chi connectivity index (χ4n) is 1.45. The van der Waals surface area contributed by atoms with E-state index in [4.69, 9.17) is 4.74 Å². The summed E-state index contributed by atoms with van der Waals surface area (Å²) in [5.41, 5.74) is 1.70. The molecule has 5 heteroatoms. The van der Waals surface area contributed by atoms with Crippen LogP contribution in [0.5, 0.6) is 0 Å². The predicted molar refractivity (Wildman–Crippen MR) is 66.0 cm³/mol. The molecule has 17 heavy (non-hydrogen) atoms. The molecule has 0 aliphatic heterocycles. The minimum atomic E-state index is -0.475. The lowest BCUT2D eigenvalue weighted by Crippen LogP contribution is -2.15. The van der Waals surface area contributed by atoms with Gasteiger partial charge in [-0.1, -0.05) is 25.5 Å². The molecule has 1 aromatic carbocycles. The maximum absolute atomic E-state index is 11.4. The van der Waals surface area contributed by atoms with E-state index in [0.29, 0.717) is 12.6 Å². The number of nitrogens with one attached hydrogen (secondary N) is 2. The van der Waals surface area contributed by atoms with E-state index < -0.39 is 6.09 Å². The first-order valence-corrected chi connectivity index (χ1v) is 5.68. The summed E-state index contributed by atoms with van der Waals surface area (Å²) in [6.07, 6.45) is 1.39. The van der Waals surface area contributed by atoms with Crippen LogP contribution in [-0.2, 0) is 4.74 Å². The Morgan fingerprint density at radius 3 is 3.06 bits per heavy atom. The van der Waals surface area contributed by atoms with Crippen LogP contribution in [0.1, 0.15) is 19.8 Å². The van der Waals surface area contributed by atoms with E-state index in [9.17, 15) is 4.79 Å². The maximum Gasteiger partial charge on any atom is 0.413 e. The van der Waals surface area contributed by atoms with E-state index in [0.717, 1.165) is 23.9 Å². The second-order valence-electron chi connectivity index (χ2n) is 3.72. The number of H-pyrrole nitrogens is 1. The average molecular weight is 233 g/mol. The number of aromatic amines is 1. The van der Waals surface area contributed by atoms with Gasteiger partial charge in [-0.15, -0.1) is 0 Å². The number of anilines is 1. The molecule has 1 heterocycles. The third kappa shape index (κ3) is 2.96. The summed E-state index contributed by atoms with van der Waals surface area (Å²) in [4.78, 5) is 18.6. The summed E-state index contributed by atoms with van der Waals surface area (Å²) in [5.74, 6) is 0.410. The molecular weight excluding hydrogens is 218 g/mol. The van der Waals surface area contributed by atoms with Crippen LogP contribution in [0, 0.1) is 0 Å². The molecule has 2 rings (SSSR count). The van der Waals surface area contributed by atoms with Crippen molar-refractivity contribution in [2.24, 2.45) is 0 Å². The largest absolute Gasteiger partial charge is 0.449 e. The van der Waals surface area contributed by atoms with Gasteiger partial charge in [-0.05, 0) is 18.6 Å². The number of nitrogens with zero attached hydrogens (tertiary/aromatic N) is 1. The van der Waals surface area contributed by atoms with E-state index in [1.807, 2.05) is 31.2 Å². The van der Waals surface area contributed by atoms with E-state index in [-0.39, 0.29) is 0 Å². The van der Waals surface area contributed by atoms with E-state index >= 15 is 0 Å². The van der Waals surface area contributed by atoms with Crippen LogP contribution in [0.15, 0.2) is 24.3 Å². The van der Waals surface area contributed by atoms with Crippen LogP contribution in [-0.4, -0.2) is 22.7 Å². The first-order chi connectivity index (χ1) is 8.29. The standard InChI is InChI=1S/C12H15N3O2/c1-2-3-8-17-12(16)15-11-13-9-6-4-5-7-10(9)14-11/h4-7H,2-3,8H2,1H3,(H2,13,14,15,16). The Hall–Kier alpha value is -2.04. The molecule has 0 aliphatic rings. The van der Waals surface area contributed by atoms with Crippen molar-refractivity contribution >= 4 is 23.1 Å². The molecule has 0 unspecified atom stereocenters. The Balaban J connectivity index is 1.96. The fourth-order valence-corrected chi connectivity index (χ4v) is 1.45. The molecular formula is C12H15N3O2. The molecule has 0 saturated carbocycles. The Morgan fingerprint density at radius 1 is 1.47 bits per heavy atom. The molecule has 0 saturated heterocycles. The number of fused-ring (bicyclic) bond motifs is 1. The van der Waals surface area contributed by atoms with Gasteiger partial charge in [0.1, 0.15) is 0 Å². The molecule has 0 bridgehead atoms. The van der Waals surface area contributed by atoms with Crippen LogP contribution >= 0.6 is 0 Å². The lowest BCUT2D eigenvalue weighted by atomic mass is 10.3. The summed E-state index contributed by atoms with van der Waals surface area (Å²) < 4.78 is 4.97. The molecule has 1 amide bonds. The number of carbonyl (C=O) groups excluding carboxylic acids is 1. The zero-order valence-corrected chi connectivity index (χ0v) is 9.69. The molecule has 0 fully saturated rings. The highest BCUT2D eigenvalue weighted by Gasteiger charge is 2.06. The quantitative estimate of drug-likeness (QED) is 0.798. The lowest BCUT2D eigenvalue weighted by Gasteiger charge is -2.03. The number of rotatable bonds is 4. The zero-order valence-electron chi connectivity index (χ0n) is 9.69. The number of unbranched alkanes of at least 4 members (excludes halogenated alkanes) is 1. The molecule has 2 aromatic rings.